The van der Waals surface area contributed by atoms with E-state index < -0.39 is 57.3 Å². The largest absolute Gasteiger partial charge is 1.00 e. The number of hydrogen-bond donors (Lipinski definition) is 5. The number of aliphatic hydroxyl groups excluding tert-OH is 4. The average Bonchev–Trinajstić information content (AvgIpc) is 1.70. The van der Waals surface area contributed by atoms with Crippen LogP contribution in [0.2, 0.25) is 0 Å². The van der Waals surface area contributed by atoms with E-state index in [1.807, 2.05) is 55.4 Å². The molecule has 22 nitrogen and oxygen atoms in total. The molecule has 4 fully saturated rings. The minimum atomic E-state index is -1.09. The molecule has 0 saturated carbocycles. The first kappa shape index (κ1) is 116. The first-order valence-electron chi connectivity index (χ1n) is 41.2. The van der Waals surface area contributed by atoms with Crippen LogP contribution in [0.25, 0.3) is 5.76 Å². The molecule has 0 radical (unpaired) electrons. The molecule has 0 aromatic heterocycles. The minimum Gasteiger partial charge on any atom is -0.857 e. The van der Waals surface area contributed by atoms with Gasteiger partial charge in [-0.15, -0.1) is 0 Å². The summed E-state index contributed by atoms with van der Waals surface area (Å²) in [6.45, 7) is 39.0. The number of nitrogens with zero attached hydrogens (tertiary/aromatic N) is 2. The summed E-state index contributed by atoms with van der Waals surface area (Å²) in [6.07, 6.45) is 35.6. The number of unbranched alkanes of at least 4 members (excludes halogenated alkanes) is 15. The predicted octanol–water partition coefficient (Wildman–Crippen LogP) is 15.0. The van der Waals surface area contributed by atoms with E-state index in [1.54, 1.807) is 30.4 Å². The second-order valence-corrected chi connectivity index (χ2v) is 29.5. The van der Waals surface area contributed by atoms with E-state index >= 15 is 0 Å². The Bertz CT molecular complexity index is 3690. The summed E-state index contributed by atoms with van der Waals surface area (Å²) in [5.41, 5.74) is 0.568. The van der Waals surface area contributed by atoms with Gasteiger partial charge in [0.2, 0.25) is 0 Å². The molecule has 0 spiro atoms. The van der Waals surface area contributed by atoms with Gasteiger partial charge in [0.15, 0.2) is 29.3 Å². The molecular weight excluding hydrogens is 1540 g/mol. The SMILES string of the molecule is C.C=C[C@@H](C#CC#CC[C@H]1OC(C)(C)O[C@@H]1CCCCCCC)OC(=C)c1ccc([N+](=O)[O-])cc1.C=C[C@@H](O)C#CC#CC[C@H]1OC(C)(C)O[C@@H]1CCCCCCC.C=C[C@H](O)C#CC#CC[C@H]1OC(C)(C)O[C@@H]1CCCCCCC.CCCCCC[C@H]1OC(C)(C)O[C@@H]1CC#CC#C/C=C/CO.CO.C[O-].O=C(O)c1ccc([N+](=O)[O-])cc1.[Na+]. The van der Waals surface area contributed by atoms with Crippen molar-refractivity contribution < 1.29 is 117 Å². The minimum absolute atomic E-state index is 0. The van der Waals surface area contributed by atoms with Crippen LogP contribution in [0.3, 0.4) is 0 Å². The summed E-state index contributed by atoms with van der Waals surface area (Å²) in [6, 6.07) is 10.7. The van der Waals surface area contributed by atoms with Crippen molar-refractivity contribution in [2.45, 2.75) is 354 Å². The molecule has 4 aliphatic heterocycles. The van der Waals surface area contributed by atoms with E-state index in [2.05, 4.69) is 149 Å². The van der Waals surface area contributed by atoms with Gasteiger partial charge in [-0.05, 0) is 171 Å². The van der Waals surface area contributed by atoms with Crippen LogP contribution in [-0.4, -0.2) is 152 Å². The second kappa shape index (κ2) is 69.7. The van der Waals surface area contributed by atoms with E-state index in [1.165, 1.54) is 152 Å². The quantitative estimate of drug-likeness (QED) is 0.00798. The summed E-state index contributed by atoms with van der Waals surface area (Å²) in [5.74, 6) is 42.0. The zero-order valence-corrected chi connectivity index (χ0v) is 75.7. The molecule has 4 heterocycles. The number of aliphatic hydroxyl groups is 4. The van der Waals surface area contributed by atoms with Gasteiger partial charge in [0.05, 0.1) is 70.8 Å². The Balaban J connectivity index is -0.00000144. The van der Waals surface area contributed by atoms with E-state index in [9.17, 15) is 35.2 Å². The maximum absolute atomic E-state index is 10.8. The number of ether oxygens (including phenoxy) is 9. The van der Waals surface area contributed by atoms with Crippen LogP contribution in [0.5, 0.6) is 0 Å². The molecule has 23 heteroatoms. The number of nitro benzene ring substituents is 2. The number of allylic oxidation sites excluding steroid dienone is 1. The average molecular weight is 1680 g/mol. The fourth-order valence-electron chi connectivity index (χ4n) is 12.2. The standard InChI is InChI=1S/C28H35NO5.2C20H30O3.C19H28O3.C7H5NO4.CH4O.CH3O.CH4.Na/c1-6-8-9-10-13-16-26-27(34-28(4,5)33-26)17-14-11-12-15-25(7-2)32-22(3)23-18-20-24(21-19-23)29(30)31;2*1-5-7-8-9-12-15-18-19(23-20(3,4)22-18)16-13-10-11-14-17(21)6-2;1-4-5-6-11-14-17-18(22-19(2,3)21-17)15-12-9-7-8-10-13-16-20;9-7(10)5-1-3-6(4-2-5)8(11)12;2*1-2;;/h7,18-21,25-27H,2-3,6,8-10,13,16-17H2,1,4-5H3;2*6,17-19,21H,2,5,7-9,12,15-16H2,1,3-4H3;10,13,17-18,20H,4-6,11,14-16H2,1-3H3;1-4H,(H,9,10);2H,1H3;1H3;1H4;/q;;;;;;-1;;+1/b;;;13-10+;;;;;/t25-,26+,27+;17-,18+,19+;17-,18-,19-;17-,18-;;;;;/m0011...../s1. The van der Waals surface area contributed by atoms with Gasteiger partial charge in [-0.1, -0.05) is 243 Å². The number of nitro groups is 2. The normalized spacial score (nSPS) is 19.6. The van der Waals surface area contributed by atoms with Gasteiger partial charge < -0.3 is 73.3 Å². The molecular formula is C97H139N2NaO20. The van der Waals surface area contributed by atoms with Gasteiger partial charge >= 0.3 is 35.5 Å². The van der Waals surface area contributed by atoms with Crippen LogP contribution < -0.4 is 34.7 Å². The number of benzene rings is 2. The number of carboxylic acid groups (broad SMARTS) is 1. The Hall–Kier alpha value is -7.83. The molecule has 11 atom stereocenters. The molecule has 0 bridgehead atoms. The molecule has 2 aromatic rings. The van der Waals surface area contributed by atoms with Crippen molar-refractivity contribution in [1.82, 2.24) is 0 Å². The molecule has 4 saturated heterocycles. The third-order valence-electron chi connectivity index (χ3n) is 17.8. The Morgan fingerprint density at radius 2 is 0.733 bits per heavy atom. The maximum atomic E-state index is 10.8. The summed E-state index contributed by atoms with van der Waals surface area (Å²) in [5, 5.41) is 71.7. The molecule has 658 valence electrons. The van der Waals surface area contributed by atoms with E-state index in [4.69, 9.17) is 63.1 Å². The van der Waals surface area contributed by atoms with Gasteiger partial charge in [0, 0.05) is 62.6 Å². The van der Waals surface area contributed by atoms with Crippen LogP contribution in [0, 0.1) is 115 Å². The first-order chi connectivity index (χ1) is 56.4. The molecule has 120 heavy (non-hydrogen) atoms. The van der Waals surface area contributed by atoms with Gasteiger partial charge in [-0.25, -0.2) is 4.79 Å². The molecule has 0 aliphatic carbocycles. The smallest absolute Gasteiger partial charge is 0.857 e. The zero-order chi connectivity index (χ0) is 88.6. The van der Waals surface area contributed by atoms with Crippen LogP contribution in [0.1, 0.15) is 280 Å². The van der Waals surface area contributed by atoms with Gasteiger partial charge in [0.1, 0.15) is 18.0 Å². The zero-order valence-electron chi connectivity index (χ0n) is 73.7. The molecule has 0 amide bonds. The van der Waals surface area contributed by atoms with Crippen molar-refractivity contribution in [1.29, 1.82) is 0 Å². The Morgan fingerprint density at radius 3 is 1.01 bits per heavy atom. The third-order valence-corrected chi connectivity index (χ3v) is 17.8. The van der Waals surface area contributed by atoms with Crippen LogP contribution >= 0.6 is 0 Å². The van der Waals surface area contributed by atoms with Crippen molar-refractivity contribution >= 4 is 23.1 Å². The number of carbonyl (C=O) groups is 1. The molecule has 0 unspecified atom stereocenters. The third kappa shape index (κ3) is 55.2. The van der Waals surface area contributed by atoms with E-state index in [0.29, 0.717) is 37.0 Å². The number of aromatic carboxylic acids is 1. The van der Waals surface area contributed by atoms with Crippen molar-refractivity contribution in [3.8, 4) is 94.7 Å². The number of rotatable bonds is 37. The molecule has 6 rings (SSSR count). The monoisotopic (exact) mass is 1670 g/mol. The number of hydrogen-bond acceptors (Lipinski definition) is 19. The summed E-state index contributed by atoms with van der Waals surface area (Å²) < 4.78 is 53.7. The summed E-state index contributed by atoms with van der Waals surface area (Å²) >= 11 is 0. The maximum Gasteiger partial charge on any atom is 1.00 e. The van der Waals surface area contributed by atoms with Gasteiger partial charge in [-0.3, -0.25) is 20.2 Å². The summed E-state index contributed by atoms with van der Waals surface area (Å²) in [4.78, 5) is 30.2. The molecule has 4 aliphatic rings. The Morgan fingerprint density at radius 1 is 0.458 bits per heavy atom. The van der Waals surface area contributed by atoms with Crippen molar-refractivity contribution in [2.24, 2.45) is 0 Å². The second-order valence-electron chi connectivity index (χ2n) is 29.5. The van der Waals surface area contributed by atoms with Crippen molar-refractivity contribution in [2.75, 3.05) is 20.8 Å². The van der Waals surface area contributed by atoms with Crippen LogP contribution in [0.4, 0.5) is 11.4 Å². The predicted molar refractivity (Wildman–Crippen MR) is 472 cm³/mol. The Kier molecular flexibility index (Phi) is 67.5. The summed E-state index contributed by atoms with van der Waals surface area (Å²) in [7, 11) is 1.75. The first-order valence-corrected chi connectivity index (χ1v) is 41.2. The fourth-order valence-corrected chi connectivity index (χ4v) is 12.2. The molecule has 5 N–H and O–H groups in total. The van der Waals surface area contributed by atoms with Crippen molar-refractivity contribution in [3.63, 3.8) is 0 Å². The fraction of sp³-hybridized carbons (Fsp3) is 0.598. The van der Waals surface area contributed by atoms with Gasteiger partial charge in [0.25, 0.3) is 11.4 Å². The Labute approximate surface area is 742 Å². The van der Waals surface area contributed by atoms with Crippen LogP contribution in [-0.2, 0) is 42.6 Å². The van der Waals surface area contributed by atoms with Crippen LogP contribution in [0.15, 0.2) is 105 Å². The van der Waals surface area contributed by atoms with E-state index in [0.717, 1.165) is 58.5 Å². The van der Waals surface area contributed by atoms with E-state index in [-0.39, 0.29) is 109 Å². The number of carboxylic acids is 1. The topological polar surface area (TPSA) is 311 Å². The van der Waals surface area contributed by atoms with Crippen molar-refractivity contribution in [3.05, 3.63) is 137 Å². The molecule has 2 aromatic carbocycles. The number of non-ortho nitro benzene ring substituents is 2. The van der Waals surface area contributed by atoms with Gasteiger partial charge in [-0.2, -0.15) is 7.11 Å².